The lowest BCUT2D eigenvalue weighted by Crippen LogP contribution is -2.43. The average Bonchev–Trinajstić information content (AvgIpc) is 2.65. The zero-order valence-electron chi connectivity index (χ0n) is 17.0. The molecule has 0 aliphatic carbocycles. The minimum atomic E-state index is -0.757. The minimum absolute atomic E-state index is 0.0209. The highest BCUT2D eigenvalue weighted by atomic mass is 16.7. The molecule has 1 heterocycles. The number of benzene rings is 1. The van der Waals surface area contributed by atoms with E-state index in [1.54, 1.807) is 12.1 Å². The van der Waals surface area contributed by atoms with Gasteiger partial charge in [-0.05, 0) is 52.2 Å². The van der Waals surface area contributed by atoms with Crippen LogP contribution in [-0.2, 0) is 0 Å². The number of nitrogens with zero attached hydrogens (tertiary/aromatic N) is 1. The number of pyridine rings is 1. The largest absolute Gasteiger partial charge is 0.491 e. The molecule has 1 aromatic heterocycles. The maximum absolute atomic E-state index is 12.4. The van der Waals surface area contributed by atoms with Crippen molar-refractivity contribution in [1.82, 2.24) is 10.0 Å². The number of nitrogens with one attached hydrogen (secondary N) is 1. The van der Waals surface area contributed by atoms with Gasteiger partial charge in [-0.25, -0.2) is 0 Å². The number of hydrogen-bond acceptors (Lipinski definition) is 6. The third-order valence-corrected chi connectivity index (χ3v) is 4.16. The van der Waals surface area contributed by atoms with Crippen molar-refractivity contribution in [2.75, 3.05) is 26.4 Å². The number of β-amino-alcohol motifs (C(OH)–C–C–N with tert-alkyl or cyclic N) is 1. The summed E-state index contributed by atoms with van der Waals surface area (Å²) in [5.41, 5.74) is 0.113. The summed E-state index contributed by atoms with van der Waals surface area (Å²) in [6.07, 6.45) is 1.67. The van der Waals surface area contributed by atoms with Gasteiger partial charge in [-0.1, -0.05) is 12.1 Å². The Morgan fingerprint density at radius 2 is 1.93 bits per heavy atom. The van der Waals surface area contributed by atoms with Gasteiger partial charge in [-0.2, -0.15) is 0 Å². The molecule has 7 heteroatoms. The lowest BCUT2D eigenvalue weighted by molar-refractivity contribution is 0.0250. The molecule has 2 rings (SSSR count). The molecule has 0 spiro atoms. The molecule has 2 aromatic rings. The predicted molar refractivity (Wildman–Crippen MR) is 110 cm³/mol. The Balaban J connectivity index is 2.13. The van der Waals surface area contributed by atoms with Gasteiger partial charge in [0.2, 0.25) is 0 Å². The van der Waals surface area contributed by atoms with E-state index in [9.17, 15) is 9.90 Å². The summed E-state index contributed by atoms with van der Waals surface area (Å²) in [7, 11) is 0. The van der Waals surface area contributed by atoms with Crippen molar-refractivity contribution in [3.8, 4) is 5.75 Å². The number of aromatic nitrogens is 1. The van der Waals surface area contributed by atoms with Crippen LogP contribution in [0.4, 0.5) is 0 Å². The Bertz CT molecular complexity index is 797. The second kappa shape index (κ2) is 10.5. The van der Waals surface area contributed by atoms with Gasteiger partial charge in [-0.3, -0.25) is 4.79 Å². The fourth-order valence-corrected chi connectivity index (χ4v) is 2.69. The second-order valence-corrected chi connectivity index (χ2v) is 7.87. The molecular weight excluding hydrogens is 360 g/mol. The summed E-state index contributed by atoms with van der Waals surface area (Å²) in [6, 6.07) is 8.71. The van der Waals surface area contributed by atoms with Crippen LogP contribution in [0.3, 0.4) is 0 Å². The second-order valence-electron chi connectivity index (χ2n) is 7.87. The van der Waals surface area contributed by atoms with E-state index in [1.165, 1.54) is 10.8 Å². The van der Waals surface area contributed by atoms with Gasteiger partial charge in [0, 0.05) is 30.1 Å². The van der Waals surface area contributed by atoms with Crippen molar-refractivity contribution in [3.05, 3.63) is 40.7 Å². The zero-order valence-corrected chi connectivity index (χ0v) is 17.0. The maximum atomic E-state index is 12.4. The number of fused-ring (bicyclic) bond motifs is 1. The zero-order chi connectivity index (χ0) is 20.6. The lowest BCUT2D eigenvalue weighted by Gasteiger charge is -2.23. The van der Waals surface area contributed by atoms with E-state index in [1.807, 2.05) is 32.9 Å². The van der Waals surface area contributed by atoms with E-state index in [2.05, 4.69) is 5.32 Å². The van der Waals surface area contributed by atoms with Crippen LogP contribution >= 0.6 is 0 Å². The fourth-order valence-electron chi connectivity index (χ4n) is 2.69. The van der Waals surface area contributed by atoms with Crippen molar-refractivity contribution in [2.45, 2.75) is 51.7 Å². The van der Waals surface area contributed by atoms with Gasteiger partial charge in [-0.15, -0.1) is 4.73 Å². The summed E-state index contributed by atoms with van der Waals surface area (Å²) in [5, 5.41) is 23.1. The molecule has 0 saturated carbocycles. The first-order valence-corrected chi connectivity index (χ1v) is 9.76. The van der Waals surface area contributed by atoms with Crippen molar-refractivity contribution in [3.63, 3.8) is 0 Å². The number of hydrogen-bond donors (Lipinski definition) is 3. The molecule has 1 aromatic carbocycles. The van der Waals surface area contributed by atoms with Gasteiger partial charge in [0.15, 0.2) is 0 Å². The molecular formula is C21H32N2O5. The Morgan fingerprint density at radius 1 is 1.14 bits per heavy atom. The lowest BCUT2D eigenvalue weighted by atomic mass is 10.1. The van der Waals surface area contributed by atoms with Crippen LogP contribution in [0.2, 0.25) is 0 Å². The van der Waals surface area contributed by atoms with E-state index in [4.69, 9.17) is 14.7 Å². The van der Waals surface area contributed by atoms with Gasteiger partial charge in [0.05, 0.1) is 6.61 Å². The highest BCUT2D eigenvalue weighted by molar-refractivity contribution is 5.84. The van der Waals surface area contributed by atoms with Gasteiger partial charge in [0.25, 0.3) is 5.56 Å². The Kier molecular flexibility index (Phi) is 8.29. The van der Waals surface area contributed by atoms with E-state index in [-0.39, 0.29) is 24.3 Å². The summed E-state index contributed by atoms with van der Waals surface area (Å²) in [6.45, 7) is 7.04. The maximum Gasteiger partial charge on any atom is 0.283 e. The van der Waals surface area contributed by atoms with Crippen LogP contribution < -0.4 is 20.5 Å². The van der Waals surface area contributed by atoms with Gasteiger partial charge >= 0.3 is 0 Å². The molecule has 0 bridgehead atoms. The third-order valence-electron chi connectivity index (χ3n) is 4.16. The number of para-hydroxylation sites is 1. The first-order chi connectivity index (χ1) is 13.3. The molecule has 0 aliphatic rings. The van der Waals surface area contributed by atoms with Gasteiger partial charge < -0.3 is 25.1 Å². The van der Waals surface area contributed by atoms with Crippen LogP contribution in [-0.4, -0.2) is 53.0 Å². The first-order valence-electron chi connectivity index (χ1n) is 9.76. The molecule has 7 nitrogen and oxygen atoms in total. The Morgan fingerprint density at radius 3 is 2.64 bits per heavy atom. The number of aliphatic hydroxyl groups excluding tert-OH is 2. The molecule has 0 aliphatic heterocycles. The molecule has 0 fully saturated rings. The van der Waals surface area contributed by atoms with Crippen LogP contribution in [0, 0.1) is 0 Å². The molecule has 0 amide bonds. The van der Waals surface area contributed by atoms with Crippen molar-refractivity contribution < 1.29 is 19.8 Å². The number of aliphatic hydroxyl groups is 2. The van der Waals surface area contributed by atoms with Crippen LogP contribution in [0.5, 0.6) is 5.75 Å². The summed E-state index contributed by atoms with van der Waals surface area (Å²) < 4.78 is 7.06. The summed E-state index contributed by atoms with van der Waals surface area (Å²) >= 11 is 0. The number of ether oxygens (including phenoxy) is 1. The van der Waals surface area contributed by atoms with Crippen molar-refractivity contribution in [1.29, 1.82) is 0 Å². The van der Waals surface area contributed by atoms with Gasteiger partial charge in [0.1, 0.15) is 24.0 Å². The minimum Gasteiger partial charge on any atom is -0.491 e. The molecule has 0 radical (unpaired) electrons. The molecule has 1 unspecified atom stereocenters. The summed E-state index contributed by atoms with van der Waals surface area (Å²) in [4.78, 5) is 18.1. The van der Waals surface area contributed by atoms with E-state index < -0.39 is 6.10 Å². The topological polar surface area (TPSA) is 93.0 Å². The third kappa shape index (κ3) is 6.82. The quantitative estimate of drug-likeness (QED) is 0.504. The SMILES string of the molecule is CC(C)(C)NCC(O)COn1c(=O)ccc2cccc(OCCCCCO)c21. The molecule has 1 atom stereocenters. The van der Waals surface area contributed by atoms with E-state index >= 15 is 0 Å². The normalized spacial score (nSPS) is 12.9. The van der Waals surface area contributed by atoms with Crippen LogP contribution in [0.1, 0.15) is 40.0 Å². The van der Waals surface area contributed by atoms with Crippen LogP contribution in [0.15, 0.2) is 35.1 Å². The molecule has 0 saturated heterocycles. The average molecular weight is 392 g/mol. The van der Waals surface area contributed by atoms with Crippen molar-refractivity contribution >= 4 is 10.9 Å². The summed E-state index contributed by atoms with van der Waals surface area (Å²) in [5.74, 6) is 0.557. The highest BCUT2D eigenvalue weighted by Crippen LogP contribution is 2.24. The smallest absolute Gasteiger partial charge is 0.283 e. The van der Waals surface area contributed by atoms with E-state index in [0.717, 1.165) is 24.6 Å². The number of rotatable bonds is 11. The molecule has 3 N–H and O–H groups in total. The molecule has 156 valence electrons. The predicted octanol–water partition coefficient (Wildman–Crippen LogP) is 1.72. The van der Waals surface area contributed by atoms with Crippen LogP contribution in [0.25, 0.3) is 10.9 Å². The standard InChI is InChI=1S/C21H32N2O5/c1-21(2,3)22-14-17(25)15-28-23-19(26)11-10-16-8-7-9-18(20(16)23)27-13-6-4-5-12-24/h7-11,17,22,24-25H,4-6,12-15H2,1-3H3. The Labute approximate surface area is 165 Å². The van der Waals surface area contributed by atoms with E-state index in [0.29, 0.717) is 24.4 Å². The number of unbranched alkanes of at least 4 members (excludes halogenated alkanes) is 2. The highest BCUT2D eigenvalue weighted by Gasteiger charge is 2.15. The van der Waals surface area contributed by atoms with Crippen molar-refractivity contribution in [2.24, 2.45) is 0 Å². The monoisotopic (exact) mass is 392 g/mol. The Hall–Kier alpha value is -2.09. The first kappa shape index (κ1) is 22.2. The fraction of sp³-hybridized carbons (Fsp3) is 0.571. The molecule has 28 heavy (non-hydrogen) atoms.